The second-order valence-corrected chi connectivity index (χ2v) is 5.41. The minimum absolute atomic E-state index is 0.0137. The average Bonchev–Trinajstić information content (AvgIpc) is 3.11. The molecule has 3 aromatic rings. The first-order chi connectivity index (χ1) is 12.6. The van der Waals surface area contributed by atoms with Crippen molar-refractivity contribution in [3.63, 3.8) is 0 Å². The van der Waals surface area contributed by atoms with E-state index in [4.69, 9.17) is 10.5 Å². The third-order valence-corrected chi connectivity index (χ3v) is 3.64. The zero-order chi connectivity index (χ0) is 18.5. The molecule has 0 aliphatic rings. The lowest BCUT2D eigenvalue weighted by molar-refractivity contribution is -0.120. The molecule has 3 rings (SSSR count). The third-order valence-electron chi connectivity index (χ3n) is 3.64. The second kappa shape index (κ2) is 7.47. The lowest BCUT2D eigenvalue weighted by Crippen LogP contribution is -2.31. The number of nitrogens with two attached hydrogens (primary N) is 1. The van der Waals surface area contributed by atoms with Gasteiger partial charge in [0.25, 0.3) is 11.8 Å². The van der Waals surface area contributed by atoms with Crippen LogP contribution in [-0.4, -0.2) is 40.2 Å². The average molecular weight is 351 g/mol. The molecule has 8 nitrogen and oxygen atoms in total. The molecule has 0 spiro atoms. The number of hydrogen-bond acceptors (Lipinski definition) is 5. The molecule has 0 aliphatic carbocycles. The summed E-state index contributed by atoms with van der Waals surface area (Å²) in [6.07, 6.45) is 0. The van der Waals surface area contributed by atoms with Gasteiger partial charge in [-0.05, 0) is 24.3 Å². The van der Waals surface area contributed by atoms with Crippen molar-refractivity contribution >= 4 is 17.5 Å². The first-order valence-corrected chi connectivity index (χ1v) is 7.83. The van der Waals surface area contributed by atoms with Crippen molar-refractivity contribution < 1.29 is 14.3 Å². The number of anilines is 1. The van der Waals surface area contributed by atoms with Gasteiger partial charge in [0.2, 0.25) is 5.82 Å². The number of likely N-dealkylation sites (N-methyl/N-ethyl adjacent to an activating group) is 1. The van der Waals surface area contributed by atoms with Crippen LogP contribution in [0.2, 0.25) is 0 Å². The molecule has 2 aromatic carbocycles. The Bertz CT molecular complexity index is 909. The number of aromatic nitrogens is 3. The molecule has 0 aliphatic heterocycles. The van der Waals surface area contributed by atoms with Crippen LogP contribution in [0.3, 0.4) is 0 Å². The van der Waals surface area contributed by atoms with Gasteiger partial charge in [0.05, 0.1) is 5.69 Å². The predicted molar refractivity (Wildman–Crippen MR) is 95.2 cm³/mol. The molecule has 0 atom stereocenters. The Kier molecular flexibility index (Phi) is 4.93. The van der Waals surface area contributed by atoms with Gasteiger partial charge in [-0.15, -0.1) is 5.10 Å². The fourth-order valence-electron chi connectivity index (χ4n) is 2.25. The monoisotopic (exact) mass is 351 g/mol. The van der Waals surface area contributed by atoms with Crippen LogP contribution in [-0.2, 0) is 4.79 Å². The van der Waals surface area contributed by atoms with Gasteiger partial charge >= 0.3 is 6.01 Å². The molecule has 0 saturated carbocycles. The first kappa shape index (κ1) is 17.2. The lowest BCUT2D eigenvalue weighted by atomic mass is 10.3. The number of para-hydroxylation sites is 2. The molecule has 1 heterocycles. The zero-order valence-corrected chi connectivity index (χ0v) is 14.1. The molecule has 0 saturated heterocycles. The van der Waals surface area contributed by atoms with Crippen molar-refractivity contribution in [1.29, 1.82) is 0 Å². The normalized spacial score (nSPS) is 10.3. The highest BCUT2D eigenvalue weighted by Gasteiger charge is 2.19. The molecule has 2 N–H and O–H groups in total. The van der Waals surface area contributed by atoms with Crippen molar-refractivity contribution in [3.8, 4) is 11.7 Å². The van der Waals surface area contributed by atoms with Crippen molar-refractivity contribution in [2.24, 2.45) is 5.73 Å². The number of nitrogens with zero attached hydrogens (tertiary/aromatic N) is 4. The number of amides is 2. The Hall–Kier alpha value is -3.68. The maximum absolute atomic E-state index is 12.4. The highest BCUT2D eigenvalue weighted by Crippen LogP contribution is 2.16. The minimum Gasteiger partial charge on any atom is -0.453 e. The lowest BCUT2D eigenvalue weighted by Gasteiger charge is -2.17. The summed E-state index contributed by atoms with van der Waals surface area (Å²) in [5, 5.41) is 4.04. The maximum Gasteiger partial charge on any atom is 0.320 e. The summed E-state index contributed by atoms with van der Waals surface area (Å²) in [5.41, 5.74) is 6.62. The fraction of sp³-hybridized carbons (Fsp3) is 0.111. The Morgan fingerprint density at radius 3 is 2.31 bits per heavy atom. The zero-order valence-electron chi connectivity index (χ0n) is 14.1. The fourth-order valence-corrected chi connectivity index (χ4v) is 2.25. The van der Waals surface area contributed by atoms with Crippen LogP contribution in [0, 0.1) is 0 Å². The van der Waals surface area contributed by atoms with E-state index < -0.39 is 5.91 Å². The van der Waals surface area contributed by atoms with Crippen LogP contribution in [0.4, 0.5) is 5.69 Å². The molecule has 8 heteroatoms. The van der Waals surface area contributed by atoms with Crippen molar-refractivity contribution in [1.82, 2.24) is 14.8 Å². The molecule has 0 bridgehead atoms. The largest absolute Gasteiger partial charge is 0.453 e. The number of carbonyl (C=O) groups is 2. The summed E-state index contributed by atoms with van der Waals surface area (Å²) in [5.74, 6) is -1.25. The highest BCUT2D eigenvalue weighted by atomic mass is 16.5. The number of ether oxygens (including phenoxy) is 1. The molecule has 26 heavy (non-hydrogen) atoms. The van der Waals surface area contributed by atoms with Gasteiger partial charge in [-0.1, -0.05) is 36.4 Å². The molecule has 0 unspecified atom stereocenters. The molecule has 1 aromatic heterocycles. The molecule has 0 fully saturated rings. The standard InChI is InChI=1S/C18H17N5O3/c1-22(13-8-4-2-5-9-13)15(24)12-26-18-20-17(16(19)25)21-23(18)14-10-6-3-7-11-14/h2-11H,12H2,1H3,(H2,19,25). The van der Waals surface area contributed by atoms with Crippen LogP contribution in [0.1, 0.15) is 10.6 Å². The van der Waals surface area contributed by atoms with E-state index in [1.54, 1.807) is 31.3 Å². The van der Waals surface area contributed by atoms with Gasteiger partial charge in [-0.2, -0.15) is 9.67 Å². The summed E-state index contributed by atoms with van der Waals surface area (Å²) < 4.78 is 6.85. The smallest absolute Gasteiger partial charge is 0.320 e. The number of rotatable bonds is 6. The SMILES string of the molecule is CN(C(=O)COc1nc(C(N)=O)nn1-c1ccccc1)c1ccccc1. The number of primary amides is 1. The number of hydrogen-bond donors (Lipinski definition) is 1. The Balaban J connectivity index is 1.79. The van der Waals surface area contributed by atoms with E-state index in [1.807, 2.05) is 36.4 Å². The highest BCUT2D eigenvalue weighted by molar-refractivity contribution is 5.93. The van der Waals surface area contributed by atoms with Crippen LogP contribution in [0.15, 0.2) is 60.7 Å². The quantitative estimate of drug-likeness (QED) is 0.723. The van der Waals surface area contributed by atoms with Gasteiger partial charge in [0, 0.05) is 12.7 Å². The van der Waals surface area contributed by atoms with Crippen molar-refractivity contribution in [3.05, 3.63) is 66.5 Å². The first-order valence-electron chi connectivity index (χ1n) is 7.83. The summed E-state index contributed by atoms with van der Waals surface area (Å²) >= 11 is 0. The molecule has 0 radical (unpaired) electrons. The van der Waals surface area contributed by atoms with E-state index in [0.29, 0.717) is 5.69 Å². The van der Waals surface area contributed by atoms with Gasteiger partial charge in [-0.25, -0.2) is 0 Å². The van der Waals surface area contributed by atoms with Crippen LogP contribution in [0.25, 0.3) is 5.69 Å². The van der Waals surface area contributed by atoms with E-state index in [9.17, 15) is 9.59 Å². The molecule has 2 amide bonds. The predicted octanol–water partition coefficient (Wildman–Crippen LogP) is 1.41. The van der Waals surface area contributed by atoms with Gasteiger partial charge in [-0.3, -0.25) is 9.59 Å². The Morgan fingerprint density at radius 2 is 1.69 bits per heavy atom. The molecular formula is C18H17N5O3. The maximum atomic E-state index is 12.4. The van der Waals surface area contributed by atoms with E-state index in [2.05, 4.69) is 10.1 Å². The topological polar surface area (TPSA) is 103 Å². The van der Waals surface area contributed by atoms with Crippen LogP contribution in [0.5, 0.6) is 6.01 Å². The van der Waals surface area contributed by atoms with Crippen LogP contribution < -0.4 is 15.4 Å². The number of benzene rings is 2. The summed E-state index contributed by atoms with van der Waals surface area (Å²) in [6, 6.07) is 18.2. The summed E-state index contributed by atoms with van der Waals surface area (Å²) in [4.78, 5) is 29.2. The molecule has 132 valence electrons. The van der Waals surface area contributed by atoms with E-state index in [-0.39, 0.29) is 24.3 Å². The van der Waals surface area contributed by atoms with Crippen LogP contribution >= 0.6 is 0 Å². The number of carbonyl (C=O) groups excluding carboxylic acids is 2. The third kappa shape index (κ3) is 3.69. The van der Waals surface area contributed by atoms with E-state index in [1.165, 1.54) is 9.58 Å². The molecular weight excluding hydrogens is 334 g/mol. The van der Waals surface area contributed by atoms with E-state index in [0.717, 1.165) is 5.69 Å². The summed E-state index contributed by atoms with van der Waals surface area (Å²) in [6.45, 7) is -0.269. The van der Waals surface area contributed by atoms with E-state index >= 15 is 0 Å². The second-order valence-electron chi connectivity index (χ2n) is 5.41. The van der Waals surface area contributed by atoms with Crippen molar-refractivity contribution in [2.75, 3.05) is 18.6 Å². The Labute approximate surface area is 149 Å². The van der Waals surface area contributed by atoms with Gasteiger partial charge < -0.3 is 15.4 Å². The van der Waals surface area contributed by atoms with Gasteiger partial charge in [0.15, 0.2) is 6.61 Å². The van der Waals surface area contributed by atoms with Gasteiger partial charge in [0.1, 0.15) is 0 Å². The Morgan fingerprint density at radius 1 is 1.08 bits per heavy atom. The minimum atomic E-state index is -0.780. The van der Waals surface area contributed by atoms with Crippen molar-refractivity contribution in [2.45, 2.75) is 0 Å². The summed E-state index contributed by atoms with van der Waals surface area (Å²) in [7, 11) is 1.65.